The molecule has 2 nitrogen and oxygen atoms in total. The van der Waals surface area contributed by atoms with Crippen LogP contribution in [0.25, 0.3) is 0 Å². The molecule has 2 aliphatic heterocycles. The van der Waals surface area contributed by atoms with Crippen LogP contribution in [0.5, 0.6) is 0 Å². The van der Waals surface area contributed by atoms with Gasteiger partial charge in [0.2, 0.25) is 0 Å². The lowest BCUT2D eigenvalue weighted by molar-refractivity contribution is 0.245. The summed E-state index contributed by atoms with van der Waals surface area (Å²) in [7, 11) is 0. The van der Waals surface area contributed by atoms with Crippen molar-refractivity contribution in [3.63, 3.8) is 0 Å². The van der Waals surface area contributed by atoms with Gasteiger partial charge in [-0.25, -0.2) is 0 Å². The van der Waals surface area contributed by atoms with Gasteiger partial charge in [0.05, 0.1) is 10.0 Å². The highest BCUT2D eigenvalue weighted by atomic mass is 35.5. The quantitative estimate of drug-likeness (QED) is 0.748. The van der Waals surface area contributed by atoms with Crippen molar-refractivity contribution in [1.29, 1.82) is 0 Å². The standard InChI is InChI=1S/C16H16Cl2N2S/c17-12-4-3-11(9-13(12)18)16(5-1-6-16)14-10-21-15-19-7-2-8-20(14)15/h3-4,9-10H,1-2,5-8H2. The maximum absolute atomic E-state index is 6.25. The average molecular weight is 339 g/mol. The number of benzene rings is 1. The molecule has 0 spiro atoms. The minimum atomic E-state index is 0.107. The van der Waals surface area contributed by atoms with Crippen molar-refractivity contribution in [2.24, 2.45) is 4.99 Å². The molecule has 1 aromatic carbocycles. The molecular formula is C16H16Cl2N2S. The Morgan fingerprint density at radius 2 is 2.00 bits per heavy atom. The fourth-order valence-corrected chi connectivity index (χ4v) is 4.82. The first-order chi connectivity index (χ1) is 10.2. The molecule has 0 unspecified atom stereocenters. The molecule has 0 atom stereocenters. The summed E-state index contributed by atoms with van der Waals surface area (Å²) in [5, 5.41) is 4.75. The number of fused-ring (bicyclic) bond motifs is 1. The van der Waals surface area contributed by atoms with E-state index in [1.165, 1.54) is 35.7 Å². The third-order valence-corrected chi connectivity index (χ3v) is 6.39. The van der Waals surface area contributed by atoms with E-state index in [4.69, 9.17) is 23.2 Å². The molecule has 2 heterocycles. The van der Waals surface area contributed by atoms with Gasteiger partial charge in [-0.05, 0) is 42.4 Å². The van der Waals surface area contributed by atoms with Crippen LogP contribution < -0.4 is 0 Å². The summed E-state index contributed by atoms with van der Waals surface area (Å²) < 4.78 is 0. The summed E-state index contributed by atoms with van der Waals surface area (Å²) >= 11 is 14.1. The van der Waals surface area contributed by atoms with E-state index in [2.05, 4.69) is 21.4 Å². The van der Waals surface area contributed by atoms with E-state index >= 15 is 0 Å². The molecule has 0 aromatic heterocycles. The molecule has 4 rings (SSSR count). The summed E-state index contributed by atoms with van der Waals surface area (Å²) in [5.74, 6) is 0. The molecule has 1 fully saturated rings. The lowest BCUT2D eigenvalue weighted by Crippen LogP contribution is -2.44. The lowest BCUT2D eigenvalue weighted by Gasteiger charge is -2.47. The van der Waals surface area contributed by atoms with Gasteiger partial charge in [-0.2, -0.15) is 0 Å². The molecule has 0 bridgehead atoms. The van der Waals surface area contributed by atoms with E-state index in [1.54, 1.807) is 11.8 Å². The smallest absolute Gasteiger partial charge is 0.167 e. The highest BCUT2D eigenvalue weighted by Gasteiger charge is 2.47. The van der Waals surface area contributed by atoms with Crippen molar-refractivity contribution in [1.82, 2.24) is 4.90 Å². The van der Waals surface area contributed by atoms with E-state index in [0.29, 0.717) is 10.0 Å². The summed E-state index contributed by atoms with van der Waals surface area (Å²) in [4.78, 5) is 7.06. The largest absolute Gasteiger partial charge is 0.323 e. The van der Waals surface area contributed by atoms with Crippen LogP contribution in [0.3, 0.4) is 0 Å². The van der Waals surface area contributed by atoms with Crippen molar-refractivity contribution in [2.75, 3.05) is 13.1 Å². The van der Waals surface area contributed by atoms with Crippen LogP contribution >= 0.6 is 35.0 Å². The van der Waals surface area contributed by atoms with Crippen molar-refractivity contribution in [2.45, 2.75) is 31.1 Å². The van der Waals surface area contributed by atoms with Crippen molar-refractivity contribution < 1.29 is 0 Å². The summed E-state index contributed by atoms with van der Waals surface area (Å²) in [6.45, 7) is 2.04. The van der Waals surface area contributed by atoms with Gasteiger partial charge in [-0.3, -0.25) is 4.99 Å². The SMILES string of the molecule is Clc1ccc(C2(C3=CSC4=NCCCN34)CCC2)cc1Cl. The van der Waals surface area contributed by atoms with Gasteiger partial charge in [0.15, 0.2) is 5.17 Å². The minimum absolute atomic E-state index is 0.107. The molecule has 3 aliphatic rings. The number of allylic oxidation sites excluding steroid dienone is 1. The number of amidine groups is 1. The van der Waals surface area contributed by atoms with Crippen molar-refractivity contribution >= 4 is 40.1 Å². The molecule has 0 radical (unpaired) electrons. The van der Waals surface area contributed by atoms with Gasteiger partial charge >= 0.3 is 0 Å². The second kappa shape index (κ2) is 5.22. The fraction of sp³-hybridized carbons (Fsp3) is 0.438. The van der Waals surface area contributed by atoms with Gasteiger partial charge < -0.3 is 4.90 Å². The normalized spacial score (nSPS) is 23.2. The number of nitrogens with zero attached hydrogens (tertiary/aromatic N) is 2. The second-order valence-electron chi connectivity index (χ2n) is 5.85. The fourth-order valence-electron chi connectivity index (χ4n) is 3.47. The first-order valence-electron chi connectivity index (χ1n) is 7.35. The minimum Gasteiger partial charge on any atom is -0.323 e. The predicted molar refractivity (Wildman–Crippen MR) is 91.3 cm³/mol. The highest BCUT2D eigenvalue weighted by Crippen LogP contribution is 2.54. The maximum Gasteiger partial charge on any atom is 0.167 e. The van der Waals surface area contributed by atoms with Crippen LogP contribution in [0.1, 0.15) is 31.2 Å². The van der Waals surface area contributed by atoms with E-state index < -0.39 is 0 Å². The highest BCUT2D eigenvalue weighted by molar-refractivity contribution is 8.16. The van der Waals surface area contributed by atoms with Crippen LogP contribution in [0.15, 0.2) is 34.3 Å². The van der Waals surface area contributed by atoms with Gasteiger partial charge in [0.1, 0.15) is 0 Å². The lowest BCUT2D eigenvalue weighted by atomic mass is 9.62. The zero-order valence-corrected chi connectivity index (χ0v) is 13.9. The first kappa shape index (κ1) is 14.0. The zero-order chi connectivity index (χ0) is 14.4. The first-order valence-corrected chi connectivity index (χ1v) is 8.99. The molecule has 1 aromatic rings. The molecule has 110 valence electrons. The summed E-state index contributed by atoms with van der Waals surface area (Å²) in [6.07, 6.45) is 4.77. The van der Waals surface area contributed by atoms with Gasteiger partial charge in [-0.15, -0.1) is 0 Å². The Morgan fingerprint density at radius 3 is 2.71 bits per heavy atom. The number of hydrogen-bond acceptors (Lipinski definition) is 3. The van der Waals surface area contributed by atoms with Crippen LogP contribution in [0, 0.1) is 0 Å². The van der Waals surface area contributed by atoms with Crippen LogP contribution in [-0.2, 0) is 5.41 Å². The van der Waals surface area contributed by atoms with Crippen LogP contribution in [0.4, 0.5) is 0 Å². The Kier molecular flexibility index (Phi) is 3.48. The summed E-state index contributed by atoms with van der Waals surface area (Å²) in [5.41, 5.74) is 2.81. The number of thioether (sulfide) groups is 1. The molecule has 1 saturated carbocycles. The second-order valence-corrected chi connectivity index (χ2v) is 7.51. The Morgan fingerprint density at radius 1 is 1.14 bits per heavy atom. The molecule has 1 aliphatic carbocycles. The number of hydrogen-bond donors (Lipinski definition) is 0. The monoisotopic (exact) mass is 338 g/mol. The number of aliphatic imine (C=N–C) groups is 1. The Hall–Kier alpha value is -0.640. The van der Waals surface area contributed by atoms with Crippen LogP contribution in [0.2, 0.25) is 10.0 Å². The topological polar surface area (TPSA) is 15.6 Å². The van der Waals surface area contributed by atoms with Crippen molar-refractivity contribution in [3.05, 3.63) is 44.9 Å². The Bertz CT molecular complexity index is 650. The number of halogens is 2. The third kappa shape index (κ3) is 2.13. The predicted octanol–water partition coefficient (Wildman–Crippen LogP) is 5.07. The number of rotatable bonds is 2. The summed E-state index contributed by atoms with van der Waals surface area (Å²) in [6, 6.07) is 6.11. The van der Waals surface area contributed by atoms with Crippen LogP contribution in [-0.4, -0.2) is 23.2 Å². The average Bonchev–Trinajstić information content (AvgIpc) is 2.86. The molecule has 0 amide bonds. The van der Waals surface area contributed by atoms with Gasteiger partial charge in [0.25, 0.3) is 0 Å². The molecular weight excluding hydrogens is 323 g/mol. The third-order valence-electron chi connectivity index (χ3n) is 4.75. The molecule has 5 heteroatoms. The zero-order valence-electron chi connectivity index (χ0n) is 11.6. The van der Waals surface area contributed by atoms with Crippen molar-refractivity contribution in [3.8, 4) is 0 Å². The Balaban J connectivity index is 1.75. The van der Waals surface area contributed by atoms with Gasteiger partial charge in [0, 0.05) is 24.2 Å². The molecule has 0 saturated heterocycles. The maximum atomic E-state index is 6.25. The van der Waals surface area contributed by atoms with E-state index in [-0.39, 0.29) is 5.41 Å². The van der Waals surface area contributed by atoms with E-state index in [9.17, 15) is 0 Å². The Labute approximate surface area is 139 Å². The molecule has 21 heavy (non-hydrogen) atoms. The van der Waals surface area contributed by atoms with E-state index in [1.807, 2.05) is 12.1 Å². The molecule has 0 N–H and O–H groups in total. The van der Waals surface area contributed by atoms with Gasteiger partial charge in [-0.1, -0.05) is 47.5 Å². The van der Waals surface area contributed by atoms with E-state index in [0.717, 1.165) is 19.5 Å².